The van der Waals surface area contributed by atoms with E-state index in [4.69, 9.17) is 11.6 Å². The van der Waals surface area contributed by atoms with Gasteiger partial charge in [-0.15, -0.1) is 0 Å². The molecule has 0 aromatic carbocycles. The number of nitrogens with one attached hydrogen (secondary N) is 2. The van der Waals surface area contributed by atoms with Crippen molar-refractivity contribution in [3.05, 3.63) is 71.2 Å². The fraction of sp³-hybridized carbons (Fsp3) is 0.333. The number of hydrogen-bond acceptors (Lipinski definition) is 6. The molecule has 2 N–H and O–H groups in total. The summed E-state index contributed by atoms with van der Waals surface area (Å²) in [4.78, 5) is 28.0. The molecule has 174 valence electrons. The fourth-order valence-electron chi connectivity index (χ4n) is 3.58. The van der Waals surface area contributed by atoms with Gasteiger partial charge < -0.3 is 15.5 Å². The normalized spacial score (nSPS) is 13.1. The van der Waals surface area contributed by atoms with E-state index in [2.05, 4.69) is 43.6 Å². The molecule has 7 nitrogen and oxygen atoms in total. The van der Waals surface area contributed by atoms with Gasteiger partial charge in [-0.05, 0) is 58.5 Å². The third-order valence-corrected chi connectivity index (χ3v) is 5.26. The molecular formula is C24H28ClFN6O. The topological polar surface area (TPSA) is 83.0 Å². The number of pyridine rings is 1. The first-order valence-electron chi connectivity index (χ1n) is 10.7. The van der Waals surface area contributed by atoms with E-state index in [0.29, 0.717) is 23.6 Å². The zero-order valence-electron chi connectivity index (χ0n) is 18.9. The van der Waals surface area contributed by atoms with Crippen molar-refractivity contribution in [1.29, 1.82) is 0 Å². The van der Waals surface area contributed by atoms with Crippen molar-refractivity contribution in [3.8, 4) is 0 Å². The maximum absolute atomic E-state index is 14.2. The van der Waals surface area contributed by atoms with E-state index in [9.17, 15) is 9.18 Å². The molecule has 1 aliphatic rings. The van der Waals surface area contributed by atoms with Crippen LogP contribution in [0.15, 0.2) is 48.6 Å². The Bertz CT molecular complexity index is 1100. The zero-order chi connectivity index (χ0) is 24.0. The molecule has 0 spiro atoms. The standard InChI is InChI=1S/C24H28ClFN6O/c1-15(25)13-18(16(2)26)23-29-20-8-5-7-17(20)22(31-23)30-21-9-11-27-14-19(21)24(33)28-10-6-12-32(3)4/h9,11,13-14H,1-2,5-8,10,12H2,3-4H3,(H,28,33)(H,27,29,30,31)/b18-13+. The second-order valence-electron chi connectivity index (χ2n) is 8.04. The van der Waals surface area contributed by atoms with Gasteiger partial charge in [0, 0.05) is 35.2 Å². The van der Waals surface area contributed by atoms with Crippen molar-refractivity contribution in [2.24, 2.45) is 0 Å². The number of allylic oxidation sites excluding steroid dienone is 4. The summed E-state index contributed by atoms with van der Waals surface area (Å²) >= 11 is 5.87. The summed E-state index contributed by atoms with van der Waals surface area (Å²) in [5.41, 5.74) is 2.80. The van der Waals surface area contributed by atoms with Crippen molar-refractivity contribution in [1.82, 2.24) is 25.2 Å². The van der Waals surface area contributed by atoms with Gasteiger partial charge in [0.05, 0.1) is 16.8 Å². The van der Waals surface area contributed by atoms with Crippen LogP contribution >= 0.6 is 11.6 Å². The highest BCUT2D eigenvalue weighted by Gasteiger charge is 2.23. The minimum Gasteiger partial charge on any atom is -0.352 e. The summed E-state index contributed by atoms with van der Waals surface area (Å²) < 4.78 is 14.2. The van der Waals surface area contributed by atoms with Gasteiger partial charge >= 0.3 is 0 Å². The van der Waals surface area contributed by atoms with Crippen LogP contribution in [0.1, 0.15) is 40.3 Å². The Balaban J connectivity index is 1.91. The molecule has 0 bridgehead atoms. The SMILES string of the molecule is C=C(Cl)/C=C(\C(=C)F)c1nc2c(c(Nc3ccncc3C(=O)NCCCN(C)C)n1)CCC2. The Morgan fingerprint density at radius 3 is 2.79 bits per heavy atom. The predicted octanol–water partition coefficient (Wildman–Crippen LogP) is 4.40. The molecule has 1 aliphatic carbocycles. The van der Waals surface area contributed by atoms with Crippen LogP contribution in [0.2, 0.25) is 0 Å². The first-order valence-corrected chi connectivity index (χ1v) is 11.1. The number of amides is 1. The number of aryl methyl sites for hydroxylation is 1. The van der Waals surface area contributed by atoms with Gasteiger partial charge in [-0.25, -0.2) is 14.4 Å². The number of fused-ring (bicyclic) bond motifs is 1. The minimum atomic E-state index is -0.706. The second kappa shape index (κ2) is 11.2. The van der Waals surface area contributed by atoms with Crippen LogP contribution in [-0.4, -0.2) is 52.9 Å². The van der Waals surface area contributed by atoms with Crippen molar-refractivity contribution in [2.45, 2.75) is 25.7 Å². The first-order chi connectivity index (χ1) is 15.8. The quantitative estimate of drug-likeness (QED) is 0.395. The number of carbonyl (C=O) groups excluding carboxylic acids is 1. The Kier molecular flexibility index (Phi) is 8.30. The molecule has 0 saturated carbocycles. The molecule has 0 radical (unpaired) electrons. The smallest absolute Gasteiger partial charge is 0.254 e. The lowest BCUT2D eigenvalue weighted by atomic mass is 10.1. The first kappa shape index (κ1) is 24.5. The Labute approximate surface area is 198 Å². The highest BCUT2D eigenvalue weighted by atomic mass is 35.5. The Morgan fingerprint density at radius 1 is 1.30 bits per heavy atom. The second-order valence-corrected chi connectivity index (χ2v) is 8.53. The van der Waals surface area contributed by atoms with Crippen molar-refractivity contribution in [2.75, 3.05) is 32.5 Å². The molecule has 0 aliphatic heterocycles. The molecule has 1 amide bonds. The van der Waals surface area contributed by atoms with Crippen LogP contribution in [-0.2, 0) is 12.8 Å². The monoisotopic (exact) mass is 470 g/mol. The third kappa shape index (κ3) is 6.46. The molecule has 33 heavy (non-hydrogen) atoms. The van der Waals surface area contributed by atoms with Crippen molar-refractivity contribution < 1.29 is 9.18 Å². The van der Waals surface area contributed by atoms with Crippen LogP contribution in [0.25, 0.3) is 5.57 Å². The van der Waals surface area contributed by atoms with E-state index >= 15 is 0 Å². The summed E-state index contributed by atoms with van der Waals surface area (Å²) in [7, 11) is 3.97. The third-order valence-electron chi connectivity index (χ3n) is 5.15. The number of hydrogen-bond donors (Lipinski definition) is 2. The van der Waals surface area contributed by atoms with Gasteiger partial charge in [-0.2, -0.15) is 0 Å². The Hall–Kier alpha value is -3.10. The maximum atomic E-state index is 14.2. The molecule has 0 saturated heterocycles. The predicted molar refractivity (Wildman–Crippen MR) is 130 cm³/mol. The maximum Gasteiger partial charge on any atom is 0.254 e. The summed E-state index contributed by atoms with van der Waals surface area (Å²) in [6, 6.07) is 1.71. The number of rotatable bonds is 10. The molecule has 0 atom stereocenters. The van der Waals surface area contributed by atoms with Crippen LogP contribution in [0.3, 0.4) is 0 Å². The largest absolute Gasteiger partial charge is 0.352 e. The van der Waals surface area contributed by atoms with Crippen LogP contribution in [0.4, 0.5) is 15.9 Å². The molecular weight excluding hydrogens is 443 g/mol. The molecule has 2 heterocycles. The van der Waals surface area contributed by atoms with Gasteiger partial charge in [-0.3, -0.25) is 9.78 Å². The lowest BCUT2D eigenvalue weighted by Gasteiger charge is -2.16. The van der Waals surface area contributed by atoms with Crippen LogP contribution in [0.5, 0.6) is 0 Å². The fourth-order valence-corrected chi connectivity index (χ4v) is 3.69. The zero-order valence-corrected chi connectivity index (χ0v) is 19.7. The van der Waals surface area contributed by atoms with Crippen molar-refractivity contribution in [3.63, 3.8) is 0 Å². The lowest BCUT2D eigenvalue weighted by Crippen LogP contribution is -2.27. The summed E-state index contributed by atoms with van der Waals surface area (Å²) in [5.74, 6) is -0.252. The molecule has 2 aromatic heterocycles. The summed E-state index contributed by atoms with van der Waals surface area (Å²) in [5, 5.41) is 6.32. The highest BCUT2D eigenvalue weighted by Crippen LogP contribution is 2.32. The van der Waals surface area contributed by atoms with Gasteiger partial charge in [-0.1, -0.05) is 24.8 Å². The summed E-state index contributed by atoms with van der Waals surface area (Å²) in [6.45, 7) is 8.39. The summed E-state index contributed by atoms with van der Waals surface area (Å²) in [6.07, 6.45) is 7.74. The van der Waals surface area contributed by atoms with E-state index in [0.717, 1.165) is 43.5 Å². The van der Waals surface area contributed by atoms with E-state index in [1.807, 2.05) is 14.1 Å². The number of halogens is 2. The van der Waals surface area contributed by atoms with E-state index < -0.39 is 5.83 Å². The van der Waals surface area contributed by atoms with Crippen molar-refractivity contribution >= 4 is 34.6 Å². The van der Waals surface area contributed by atoms with E-state index in [1.54, 1.807) is 12.3 Å². The number of anilines is 2. The average Bonchev–Trinajstić information content (AvgIpc) is 3.24. The number of carbonyl (C=O) groups is 1. The molecule has 0 fully saturated rings. The van der Waals surface area contributed by atoms with Crippen LogP contribution in [0, 0.1) is 0 Å². The molecule has 0 unspecified atom stereocenters. The molecule has 2 aromatic rings. The Morgan fingerprint density at radius 2 is 2.09 bits per heavy atom. The van der Waals surface area contributed by atoms with E-state index in [1.165, 1.54) is 12.3 Å². The highest BCUT2D eigenvalue weighted by molar-refractivity contribution is 6.31. The average molecular weight is 471 g/mol. The molecule has 9 heteroatoms. The van der Waals surface area contributed by atoms with Gasteiger partial charge in [0.2, 0.25) is 0 Å². The van der Waals surface area contributed by atoms with Gasteiger partial charge in [0.25, 0.3) is 5.91 Å². The lowest BCUT2D eigenvalue weighted by molar-refractivity contribution is 0.0953. The van der Waals surface area contributed by atoms with Gasteiger partial charge in [0.1, 0.15) is 11.6 Å². The van der Waals surface area contributed by atoms with Gasteiger partial charge in [0.15, 0.2) is 5.82 Å². The van der Waals surface area contributed by atoms with E-state index in [-0.39, 0.29) is 22.3 Å². The number of aromatic nitrogens is 3. The molecule has 3 rings (SSSR count). The number of nitrogens with zero attached hydrogens (tertiary/aromatic N) is 4. The van der Waals surface area contributed by atoms with Crippen LogP contribution < -0.4 is 10.6 Å². The minimum absolute atomic E-state index is 0.0707.